The summed E-state index contributed by atoms with van der Waals surface area (Å²) in [5.74, 6) is -0.433. The monoisotopic (exact) mass is 615 g/mol. The van der Waals surface area contributed by atoms with E-state index in [1.54, 1.807) is 42.1 Å². The number of carbonyl (C=O) groups is 2. The molecular formula is C33H43ClFN3O3S. The first-order valence-corrected chi connectivity index (χ1v) is 16.2. The lowest BCUT2D eigenvalue weighted by molar-refractivity contribution is -0.132. The van der Waals surface area contributed by atoms with Crippen LogP contribution in [0.5, 0.6) is 0 Å². The van der Waals surface area contributed by atoms with Gasteiger partial charge >= 0.3 is 0 Å². The Labute approximate surface area is 258 Å². The Morgan fingerprint density at radius 1 is 1.14 bits per heavy atom. The van der Waals surface area contributed by atoms with Crippen LogP contribution in [-0.4, -0.2) is 59.9 Å². The molecule has 3 atom stereocenters. The van der Waals surface area contributed by atoms with Crippen molar-refractivity contribution in [2.24, 2.45) is 17.1 Å². The number of aliphatic hydroxyl groups excluding tert-OH is 1. The minimum atomic E-state index is -1.24. The number of aliphatic hydroxyl groups is 1. The normalized spacial score (nSPS) is 17.9. The van der Waals surface area contributed by atoms with Gasteiger partial charge in [-0.2, -0.15) is 11.8 Å². The molecule has 42 heavy (non-hydrogen) atoms. The van der Waals surface area contributed by atoms with Crippen LogP contribution in [-0.2, 0) is 21.8 Å². The molecule has 0 heterocycles. The fourth-order valence-corrected chi connectivity index (χ4v) is 6.73. The molecule has 0 aliphatic heterocycles. The molecule has 0 spiro atoms. The van der Waals surface area contributed by atoms with Crippen molar-refractivity contribution in [2.75, 3.05) is 31.9 Å². The van der Waals surface area contributed by atoms with Crippen molar-refractivity contribution in [3.05, 3.63) is 94.3 Å². The lowest BCUT2D eigenvalue weighted by atomic mass is 9.64. The van der Waals surface area contributed by atoms with Crippen molar-refractivity contribution in [3.63, 3.8) is 0 Å². The fourth-order valence-electron chi connectivity index (χ4n) is 5.49. The van der Waals surface area contributed by atoms with E-state index < -0.39 is 23.3 Å². The Bertz CT molecular complexity index is 1220. The Hall–Kier alpha value is -2.65. The second-order valence-electron chi connectivity index (χ2n) is 10.7. The van der Waals surface area contributed by atoms with Crippen molar-refractivity contribution in [1.29, 1.82) is 0 Å². The third kappa shape index (κ3) is 8.93. The predicted molar refractivity (Wildman–Crippen MR) is 171 cm³/mol. The van der Waals surface area contributed by atoms with E-state index in [-0.39, 0.29) is 24.7 Å². The van der Waals surface area contributed by atoms with E-state index in [1.807, 2.05) is 49.1 Å². The van der Waals surface area contributed by atoms with Crippen LogP contribution in [0.25, 0.3) is 0 Å². The Kier molecular flexibility index (Phi) is 13.6. The molecule has 6 nitrogen and oxygen atoms in total. The molecule has 0 aromatic heterocycles. The Morgan fingerprint density at radius 3 is 2.50 bits per heavy atom. The number of rotatable bonds is 17. The molecule has 0 bridgehead atoms. The van der Waals surface area contributed by atoms with E-state index in [9.17, 15) is 19.1 Å². The average Bonchev–Trinajstić information content (AvgIpc) is 2.98. The van der Waals surface area contributed by atoms with Crippen molar-refractivity contribution < 1.29 is 19.1 Å². The molecule has 1 aliphatic carbocycles. The van der Waals surface area contributed by atoms with Crippen LogP contribution < -0.4 is 11.1 Å². The number of hydrogen-bond acceptors (Lipinski definition) is 5. The SMILES string of the molecule is CCCN(CCC)C(=O)C1=CC=CC(C(N)=O)([C@H](Cc2ccccc2)[C@@H](O)CNCCSCc2c(F)cccc2Cl)C1. The second kappa shape index (κ2) is 16.8. The van der Waals surface area contributed by atoms with Gasteiger partial charge in [0.15, 0.2) is 0 Å². The van der Waals surface area contributed by atoms with Gasteiger partial charge in [0.05, 0.1) is 11.5 Å². The van der Waals surface area contributed by atoms with Gasteiger partial charge in [-0.3, -0.25) is 9.59 Å². The number of nitrogens with one attached hydrogen (secondary N) is 1. The largest absolute Gasteiger partial charge is 0.391 e. The number of nitrogens with zero attached hydrogens (tertiary/aromatic N) is 1. The van der Waals surface area contributed by atoms with Crippen LogP contribution in [0.15, 0.2) is 72.3 Å². The number of nitrogens with two attached hydrogens (primary N) is 1. The molecule has 1 unspecified atom stereocenters. The van der Waals surface area contributed by atoms with E-state index in [0.717, 1.165) is 18.4 Å². The highest BCUT2D eigenvalue weighted by Crippen LogP contribution is 2.43. The molecule has 2 aromatic carbocycles. The Morgan fingerprint density at radius 2 is 1.86 bits per heavy atom. The van der Waals surface area contributed by atoms with Crippen LogP contribution in [0.2, 0.25) is 5.02 Å². The maximum absolute atomic E-state index is 14.1. The number of carbonyl (C=O) groups excluding carboxylic acids is 2. The quantitative estimate of drug-likeness (QED) is 0.204. The number of primary amides is 1. The van der Waals surface area contributed by atoms with Crippen molar-refractivity contribution in [1.82, 2.24) is 10.2 Å². The molecule has 2 aromatic rings. The molecular weight excluding hydrogens is 573 g/mol. The maximum atomic E-state index is 14.1. The number of allylic oxidation sites excluding steroid dienone is 2. The molecule has 0 fully saturated rings. The predicted octanol–water partition coefficient (Wildman–Crippen LogP) is 5.53. The summed E-state index contributed by atoms with van der Waals surface area (Å²) in [6, 6.07) is 14.4. The van der Waals surface area contributed by atoms with Crippen LogP contribution >= 0.6 is 23.4 Å². The molecule has 4 N–H and O–H groups in total. The van der Waals surface area contributed by atoms with Crippen LogP contribution in [0.3, 0.4) is 0 Å². The number of benzene rings is 2. The first kappa shape index (κ1) is 33.8. The van der Waals surface area contributed by atoms with E-state index in [1.165, 1.54) is 6.07 Å². The first-order chi connectivity index (χ1) is 20.2. The summed E-state index contributed by atoms with van der Waals surface area (Å²) >= 11 is 7.67. The van der Waals surface area contributed by atoms with Crippen LogP contribution in [0.1, 0.15) is 44.2 Å². The molecule has 1 aliphatic rings. The standard InChI is InChI=1S/C33H43ClFN3O3S/c1-3-17-38(18-4-2)31(40)25-12-9-15-33(21-25,32(36)41)27(20-24-10-6-5-7-11-24)30(39)22-37-16-19-42-23-26-28(34)13-8-14-29(26)35/h5-15,27,30,37,39H,3-4,16-23H2,1-2H3,(H2,36,41)/t27-,30+,33?/m1/s1. The molecule has 9 heteroatoms. The van der Waals surface area contributed by atoms with Crippen molar-refractivity contribution >= 4 is 35.2 Å². The van der Waals surface area contributed by atoms with Gasteiger partial charge in [-0.05, 0) is 43.4 Å². The van der Waals surface area contributed by atoms with Gasteiger partial charge in [-0.15, -0.1) is 0 Å². The molecule has 0 saturated heterocycles. The highest BCUT2D eigenvalue weighted by Gasteiger charge is 2.47. The highest BCUT2D eigenvalue weighted by molar-refractivity contribution is 7.98. The fraction of sp³-hybridized carbons (Fsp3) is 0.455. The van der Waals surface area contributed by atoms with E-state index in [0.29, 0.717) is 53.7 Å². The minimum absolute atomic E-state index is 0.0910. The summed E-state index contributed by atoms with van der Waals surface area (Å²) in [7, 11) is 0. The van der Waals surface area contributed by atoms with Gasteiger partial charge < -0.3 is 21.1 Å². The molecule has 3 rings (SSSR count). The third-order valence-corrected chi connectivity index (χ3v) is 9.03. The summed E-state index contributed by atoms with van der Waals surface area (Å²) in [6.45, 7) is 6.14. The topological polar surface area (TPSA) is 95.7 Å². The summed E-state index contributed by atoms with van der Waals surface area (Å²) in [4.78, 5) is 28.6. The third-order valence-electron chi connectivity index (χ3n) is 7.69. The zero-order valence-corrected chi connectivity index (χ0v) is 26.1. The van der Waals surface area contributed by atoms with E-state index in [4.69, 9.17) is 17.3 Å². The summed E-state index contributed by atoms with van der Waals surface area (Å²) in [5, 5.41) is 15.2. The van der Waals surface area contributed by atoms with E-state index >= 15 is 0 Å². The van der Waals surface area contributed by atoms with Gasteiger partial charge in [0, 0.05) is 59.8 Å². The van der Waals surface area contributed by atoms with Gasteiger partial charge in [-0.1, -0.05) is 80.1 Å². The Balaban J connectivity index is 1.73. The molecule has 228 valence electrons. The van der Waals surface area contributed by atoms with Crippen molar-refractivity contribution in [3.8, 4) is 0 Å². The highest BCUT2D eigenvalue weighted by atomic mass is 35.5. The molecule has 0 saturated carbocycles. The smallest absolute Gasteiger partial charge is 0.249 e. The zero-order chi connectivity index (χ0) is 30.5. The van der Waals surface area contributed by atoms with E-state index in [2.05, 4.69) is 5.32 Å². The zero-order valence-electron chi connectivity index (χ0n) is 24.5. The van der Waals surface area contributed by atoms with Crippen molar-refractivity contribution in [2.45, 2.75) is 51.4 Å². The number of hydrogen-bond donors (Lipinski definition) is 3. The minimum Gasteiger partial charge on any atom is -0.391 e. The number of thioether (sulfide) groups is 1. The van der Waals surface area contributed by atoms with Crippen LogP contribution in [0, 0.1) is 17.2 Å². The average molecular weight is 616 g/mol. The van der Waals surface area contributed by atoms with Crippen LogP contribution in [0.4, 0.5) is 4.39 Å². The van der Waals surface area contributed by atoms with Gasteiger partial charge in [0.25, 0.3) is 0 Å². The first-order valence-electron chi connectivity index (χ1n) is 14.6. The lowest BCUT2D eigenvalue weighted by Gasteiger charge is -2.41. The summed E-state index contributed by atoms with van der Waals surface area (Å²) < 4.78 is 14.1. The number of halogens is 2. The number of amides is 2. The summed E-state index contributed by atoms with van der Waals surface area (Å²) in [6.07, 6.45) is 6.56. The summed E-state index contributed by atoms with van der Waals surface area (Å²) in [5.41, 5.74) is 6.84. The lowest BCUT2D eigenvalue weighted by Crippen LogP contribution is -2.51. The second-order valence-corrected chi connectivity index (χ2v) is 12.3. The maximum Gasteiger partial charge on any atom is 0.249 e. The van der Waals surface area contributed by atoms with Gasteiger partial charge in [0.2, 0.25) is 11.8 Å². The van der Waals surface area contributed by atoms with Gasteiger partial charge in [0.1, 0.15) is 5.82 Å². The molecule has 0 radical (unpaired) electrons. The van der Waals surface area contributed by atoms with Gasteiger partial charge in [-0.25, -0.2) is 4.39 Å². The molecule has 2 amide bonds.